The molecule has 0 saturated carbocycles. The molecular weight excluding hydrogens is 385 g/mol. The number of para-hydroxylation sites is 1. The fourth-order valence-corrected chi connectivity index (χ4v) is 3.29. The molecule has 0 bridgehead atoms. The molecule has 0 aliphatic heterocycles. The number of nitrogens with zero attached hydrogens (tertiary/aromatic N) is 3. The summed E-state index contributed by atoms with van der Waals surface area (Å²) in [5.74, 6) is -0.775. The van der Waals surface area contributed by atoms with Gasteiger partial charge in [0.1, 0.15) is 17.1 Å². The van der Waals surface area contributed by atoms with Crippen molar-refractivity contribution in [3.63, 3.8) is 0 Å². The lowest BCUT2D eigenvalue weighted by molar-refractivity contribution is 0.425. The van der Waals surface area contributed by atoms with Crippen molar-refractivity contribution >= 4 is 22.5 Å². The number of aryl methyl sites for hydroxylation is 1. The van der Waals surface area contributed by atoms with Gasteiger partial charge in [0, 0.05) is 17.5 Å². The average Bonchev–Trinajstić information content (AvgIpc) is 3.17. The average molecular weight is 400 g/mol. The molecule has 8 heteroatoms. The van der Waals surface area contributed by atoms with Crippen LogP contribution >= 0.6 is 11.6 Å². The highest BCUT2D eigenvalue weighted by molar-refractivity contribution is 6.31. The number of hydrogen-bond donors (Lipinski definition) is 1. The van der Waals surface area contributed by atoms with E-state index < -0.39 is 11.4 Å². The van der Waals surface area contributed by atoms with E-state index in [0.717, 1.165) is 6.42 Å². The van der Waals surface area contributed by atoms with E-state index in [9.17, 15) is 14.3 Å². The van der Waals surface area contributed by atoms with Gasteiger partial charge in [-0.1, -0.05) is 35.8 Å². The summed E-state index contributed by atoms with van der Waals surface area (Å²) < 4.78 is 20.2. The molecule has 142 valence electrons. The third-order valence-corrected chi connectivity index (χ3v) is 4.70. The maximum Gasteiger partial charge on any atom is 0.267 e. The van der Waals surface area contributed by atoms with E-state index in [0.29, 0.717) is 23.0 Å². The molecule has 0 atom stereocenters. The van der Waals surface area contributed by atoms with E-state index in [2.05, 4.69) is 10.1 Å². The molecule has 2 heterocycles. The standard InChI is InChI=1S/C20H15ClFN3O3/c1-2-9-25-15-6-4-3-5-12(15)17(26)16(20(25)27)19-23-18(24-28-19)11-7-8-14(22)13(21)10-11/h3-8,10,26H,2,9H2,1H3. The van der Waals surface area contributed by atoms with Crippen LogP contribution in [-0.2, 0) is 6.54 Å². The first-order chi connectivity index (χ1) is 13.5. The van der Waals surface area contributed by atoms with Crippen molar-refractivity contribution < 1.29 is 14.0 Å². The first-order valence-electron chi connectivity index (χ1n) is 8.65. The number of benzene rings is 2. The van der Waals surface area contributed by atoms with Gasteiger partial charge in [-0.05, 0) is 36.8 Å². The predicted octanol–water partition coefficient (Wildman–Crippen LogP) is 4.63. The van der Waals surface area contributed by atoms with Gasteiger partial charge in [0.15, 0.2) is 0 Å². The van der Waals surface area contributed by atoms with Crippen LogP contribution in [0, 0.1) is 5.82 Å². The third kappa shape index (κ3) is 2.93. The van der Waals surface area contributed by atoms with Gasteiger partial charge in [0.2, 0.25) is 5.82 Å². The van der Waals surface area contributed by atoms with Crippen LogP contribution in [0.1, 0.15) is 13.3 Å². The molecule has 0 amide bonds. The van der Waals surface area contributed by atoms with Gasteiger partial charge in [-0.3, -0.25) is 4.79 Å². The van der Waals surface area contributed by atoms with Gasteiger partial charge in [0.25, 0.3) is 11.4 Å². The lowest BCUT2D eigenvalue weighted by atomic mass is 10.1. The SMILES string of the molecule is CCCn1c(=O)c(-c2nc(-c3ccc(F)c(Cl)c3)no2)c(O)c2ccccc21. The van der Waals surface area contributed by atoms with Gasteiger partial charge in [-0.15, -0.1) is 0 Å². The molecule has 1 N–H and O–H groups in total. The van der Waals surface area contributed by atoms with E-state index in [1.807, 2.05) is 6.92 Å². The molecule has 0 radical (unpaired) electrons. The minimum atomic E-state index is -0.566. The first kappa shape index (κ1) is 18.2. The Morgan fingerprint density at radius 1 is 1.25 bits per heavy atom. The van der Waals surface area contributed by atoms with Gasteiger partial charge < -0.3 is 14.2 Å². The Morgan fingerprint density at radius 3 is 2.79 bits per heavy atom. The highest BCUT2D eigenvalue weighted by Crippen LogP contribution is 2.33. The van der Waals surface area contributed by atoms with Crippen molar-refractivity contribution in [2.24, 2.45) is 0 Å². The Labute approximate surface area is 163 Å². The normalized spacial score (nSPS) is 11.2. The number of fused-ring (bicyclic) bond motifs is 1. The van der Waals surface area contributed by atoms with Gasteiger partial charge in [-0.25, -0.2) is 4.39 Å². The molecule has 0 fully saturated rings. The summed E-state index contributed by atoms with van der Waals surface area (Å²) in [5.41, 5.74) is 0.556. The lowest BCUT2D eigenvalue weighted by Gasteiger charge is -2.12. The molecule has 2 aromatic heterocycles. The van der Waals surface area contributed by atoms with Gasteiger partial charge in [-0.2, -0.15) is 4.98 Å². The summed E-state index contributed by atoms with van der Waals surface area (Å²) in [6.45, 7) is 2.43. The van der Waals surface area contributed by atoms with E-state index in [-0.39, 0.29) is 28.1 Å². The summed E-state index contributed by atoms with van der Waals surface area (Å²) >= 11 is 5.80. The molecule has 4 rings (SSSR count). The Hall–Kier alpha value is -3.19. The maximum absolute atomic E-state index is 13.4. The van der Waals surface area contributed by atoms with Crippen LogP contribution in [0.25, 0.3) is 33.7 Å². The number of rotatable bonds is 4. The fourth-order valence-electron chi connectivity index (χ4n) is 3.11. The Morgan fingerprint density at radius 2 is 2.04 bits per heavy atom. The number of hydrogen-bond acceptors (Lipinski definition) is 5. The zero-order valence-corrected chi connectivity index (χ0v) is 15.6. The molecule has 2 aromatic carbocycles. The minimum Gasteiger partial charge on any atom is -0.506 e. The summed E-state index contributed by atoms with van der Waals surface area (Å²) in [5, 5.41) is 15.0. The molecule has 28 heavy (non-hydrogen) atoms. The summed E-state index contributed by atoms with van der Waals surface area (Å²) in [6.07, 6.45) is 0.733. The van der Waals surface area contributed by atoms with Crippen LogP contribution in [0.2, 0.25) is 5.02 Å². The molecular formula is C20H15ClFN3O3. The van der Waals surface area contributed by atoms with Crippen LogP contribution in [0.15, 0.2) is 51.8 Å². The number of aromatic nitrogens is 3. The van der Waals surface area contributed by atoms with E-state index in [1.165, 1.54) is 18.2 Å². The van der Waals surface area contributed by atoms with E-state index in [4.69, 9.17) is 16.1 Å². The monoisotopic (exact) mass is 399 g/mol. The third-order valence-electron chi connectivity index (χ3n) is 4.41. The van der Waals surface area contributed by atoms with Crippen LogP contribution in [0.3, 0.4) is 0 Å². The molecule has 6 nitrogen and oxygen atoms in total. The van der Waals surface area contributed by atoms with Crippen molar-refractivity contribution in [1.29, 1.82) is 0 Å². The lowest BCUT2D eigenvalue weighted by Crippen LogP contribution is -2.22. The van der Waals surface area contributed by atoms with Crippen LogP contribution in [0.5, 0.6) is 5.75 Å². The molecule has 0 saturated heterocycles. The number of pyridine rings is 1. The first-order valence-corrected chi connectivity index (χ1v) is 9.03. The predicted molar refractivity (Wildman–Crippen MR) is 104 cm³/mol. The zero-order valence-electron chi connectivity index (χ0n) is 14.8. The zero-order chi connectivity index (χ0) is 19.8. The van der Waals surface area contributed by atoms with Crippen molar-refractivity contribution in [2.45, 2.75) is 19.9 Å². The van der Waals surface area contributed by atoms with E-state index in [1.54, 1.807) is 28.8 Å². The van der Waals surface area contributed by atoms with Crippen molar-refractivity contribution in [1.82, 2.24) is 14.7 Å². The second-order valence-electron chi connectivity index (χ2n) is 6.25. The minimum absolute atomic E-state index is 0.0703. The fraction of sp³-hybridized carbons (Fsp3) is 0.150. The second-order valence-corrected chi connectivity index (χ2v) is 6.66. The second kappa shape index (κ2) is 7.09. The number of halogens is 2. The van der Waals surface area contributed by atoms with Gasteiger partial charge in [0.05, 0.1) is 10.5 Å². The van der Waals surface area contributed by atoms with E-state index >= 15 is 0 Å². The summed E-state index contributed by atoms with van der Waals surface area (Å²) in [4.78, 5) is 17.3. The topological polar surface area (TPSA) is 81.2 Å². The highest BCUT2D eigenvalue weighted by Gasteiger charge is 2.23. The highest BCUT2D eigenvalue weighted by atomic mass is 35.5. The molecule has 4 aromatic rings. The molecule has 0 spiro atoms. The Balaban J connectivity index is 1.91. The summed E-state index contributed by atoms with van der Waals surface area (Å²) in [6, 6.07) is 11.1. The molecule has 0 unspecified atom stereocenters. The summed E-state index contributed by atoms with van der Waals surface area (Å²) in [7, 11) is 0. The van der Waals surface area contributed by atoms with Crippen molar-refractivity contribution in [2.75, 3.05) is 0 Å². The number of aromatic hydroxyl groups is 1. The Bertz CT molecular complexity index is 1250. The molecule has 0 aliphatic carbocycles. The maximum atomic E-state index is 13.4. The molecule has 0 aliphatic rings. The van der Waals surface area contributed by atoms with Crippen molar-refractivity contribution in [3.05, 3.63) is 63.7 Å². The Kier molecular flexibility index (Phi) is 4.60. The quantitative estimate of drug-likeness (QED) is 0.541. The smallest absolute Gasteiger partial charge is 0.267 e. The van der Waals surface area contributed by atoms with Gasteiger partial charge >= 0.3 is 0 Å². The van der Waals surface area contributed by atoms with Crippen LogP contribution in [0.4, 0.5) is 4.39 Å². The van der Waals surface area contributed by atoms with Crippen LogP contribution < -0.4 is 5.56 Å². The van der Waals surface area contributed by atoms with Crippen LogP contribution in [-0.4, -0.2) is 19.8 Å². The largest absolute Gasteiger partial charge is 0.506 e. The van der Waals surface area contributed by atoms with Crippen molar-refractivity contribution in [3.8, 4) is 28.6 Å².